The van der Waals surface area contributed by atoms with E-state index in [9.17, 15) is 4.79 Å². The van der Waals surface area contributed by atoms with E-state index < -0.39 is 0 Å². The Morgan fingerprint density at radius 3 is 2.73 bits per heavy atom. The average Bonchev–Trinajstić information content (AvgIpc) is 2.77. The van der Waals surface area contributed by atoms with Gasteiger partial charge in [0.15, 0.2) is 0 Å². The monoisotopic (exact) mass is 300 g/mol. The zero-order valence-electron chi connectivity index (χ0n) is 13.0. The van der Waals surface area contributed by atoms with Crippen LogP contribution in [0.15, 0.2) is 30.6 Å². The largest absolute Gasteiger partial charge is 0.338 e. The van der Waals surface area contributed by atoms with Gasteiger partial charge in [0.25, 0.3) is 0 Å². The highest BCUT2D eigenvalue weighted by atomic mass is 16.2. The number of hydrogen-bond donors (Lipinski definition) is 1. The number of nitrogens with one attached hydrogen (secondary N) is 1. The SMILES string of the molecule is O=C(NCCCn1cnc2ccccc21)N1CCCCCC1. The van der Waals surface area contributed by atoms with E-state index in [0.717, 1.165) is 49.9 Å². The Bertz CT molecular complexity index is 614. The van der Waals surface area contributed by atoms with Crippen LogP contribution in [0.1, 0.15) is 32.1 Å². The van der Waals surface area contributed by atoms with Crippen LogP contribution in [0.3, 0.4) is 0 Å². The number of benzene rings is 1. The second kappa shape index (κ2) is 7.29. The van der Waals surface area contributed by atoms with Gasteiger partial charge in [-0.3, -0.25) is 0 Å². The molecule has 0 aliphatic carbocycles. The normalized spacial score (nSPS) is 15.7. The highest BCUT2D eigenvalue weighted by molar-refractivity contribution is 5.75. The fourth-order valence-corrected chi connectivity index (χ4v) is 3.02. The fourth-order valence-electron chi connectivity index (χ4n) is 3.02. The minimum Gasteiger partial charge on any atom is -0.338 e. The molecule has 1 N–H and O–H groups in total. The van der Waals surface area contributed by atoms with Gasteiger partial charge in [0.05, 0.1) is 17.4 Å². The molecule has 1 fully saturated rings. The summed E-state index contributed by atoms with van der Waals surface area (Å²) in [4.78, 5) is 18.5. The van der Waals surface area contributed by atoms with Gasteiger partial charge in [0, 0.05) is 26.2 Å². The number of imidazole rings is 1. The summed E-state index contributed by atoms with van der Waals surface area (Å²) < 4.78 is 2.15. The highest BCUT2D eigenvalue weighted by Gasteiger charge is 2.14. The van der Waals surface area contributed by atoms with Crippen molar-refractivity contribution in [1.82, 2.24) is 19.8 Å². The van der Waals surface area contributed by atoms with Crippen LogP contribution in [0.25, 0.3) is 11.0 Å². The van der Waals surface area contributed by atoms with Crippen molar-refractivity contribution in [3.63, 3.8) is 0 Å². The summed E-state index contributed by atoms with van der Waals surface area (Å²) >= 11 is 0. The first kappa shape index (κ1) is 14.9. The molecule has 1 aromatic carbocycles. The van der Waals surface area contributed by atoms with E-state index in [-0.39, 0.29) is 6.03 Å². The lowest BCUT2D eigenvalue weighted by Crippen LogP contribution is -2.41. The predicted molar refractivity (Wildman–Crippen MR) is 87.8 cm³/mol. The number of carbonyl (C=O) groups excluding carboxylic acids is 1. The van der Waals surface area contributed by atoms with Crippen molar-refractivity contribution < 1.29 is 4.79 Å². The third kappa shape index (κ3) is 3.59. The first-order valence-electron chi connectivity index (χ1n) is 8.27. The number of rotatable bonds is 4. The molecule has 118 valence electrons. The molecule has 0 bridgehead atoms. The smallest absolute Gasteiger partial charge is 0.317 e. The number of nitrogens with zero attached hydrogens (tertiary/aromatic N) is 3. The van der Waals surface area contributed by atoms with Crippen LogP contribution >= 0.6 is 0 Å². The number of amides is 2. The second-order valence-electron chi connectivity index (χ2n) is 5.91. The molecule has 3 rings (SSSR count). The Morgan fingerprint density at radius 2 is 1.91 bits per heavy atom. The van der Waals surface area contributed by atoms with Crippen molar-refractivity contribution in [2.45, 2.75) is 38.6 Å². The lowest BCUT2D eigenvalue weighted by atomic mass is 10.2. The third-order valence-corrected chi connectivity index (χ3v) is 4.27. The van der Waals surface area contributed by atoms with Gasteiger partial charge in [-0.1, -0.05) is 25.0 Å². The van der Waals surface area contributed by atoms with Crippen molar-refractivity contribution in [1.29, 1.82) is 0 Å². The first-order chi connectivity index (χ1) is 10.8. The minimum atomic E-state index is 0.0948. The summed E-state index contributed by atoms with van der Waals surface area (Å²) in [5.74, 6) is 0. The highest BCUT2D eigenvalue weighted by Crippen LogP contribution is 2.12. The Kier molecular flexibility index (Phi) is 4.93. The molecule has 0 atom stereocenters. The van der Waals surface area contributed by atoms with Crippen LogP contribution in [0.4, 0.5) is 4.79 Å². The van der Waals surface area contributed by atoms with E-state index in [1.54, 1.807) is 0 Å². The van der Waals surface area contributed by atoms with Gasteiger partial charge in [0.1, 0.15) is 0 Å². The quantitative estimate of drug-likeness (QED) is 0.882. The number of likely N-dealkylation sites (tertiary alicyclic amines) is 1. The molecule has 0 radical (unpaired) electrons. The number of para-hydroxylation sites is 2. The molecular formula is C17H24N4O. The van der Waals surface area contributed by atoms with Gasteiger partial charge < -0.3 is 14.8 Å². The molecule has 1 aliphatic heterocycles. The maximum Gasteiger partial charge on any atom is 0.317 e. The fraction of sp³-hybridized carbons (Fsp3) is 0.529. The molecule has 22 heavy (non-hydrogen) atoms. The van der Waals surface area contributed by atoms with Crippen molar-refractivity contribution >= 4 is 17.1 Å². The van der Waals surface area contributed by atoms with Gasteiger partial charge in [-0.2, -0.15) is 0 Å². The van der Waals surface area contributed by atoms with Crippen molar-refractivity contribution in [3.05, 3.63) is 30.6 Å². The number of aryl methyl sites for hydroxylation is 1. The Balaban J connectivity index is 1.44. The van der Waals surface area contributed by atoms with Crippen molar-refractivity contribution in [2.75, 3.05) is 19.6 Å². The number of hydrogen-bond acceptors (Lipinski definition) is 2. The summed E-state index contributed by atoms with van der Waals surface area (Å²) in [5, 5.41) is 3.04. The lowest BCUT2D eigenvalue weighted by Gasteiger charge is -2.20. The zero-order valence-corrected chi connectivity index (χ0v) is 13.0. The van der Waals surface area contributed by atoms with E-state index in [1.165, 1.54) is 12.8 Å². The molecule has 1 saturated heterocycles. The zero-order chi connectivity index (χ0) is 15.2. The maximum atomic E-state index is 12.1. The number of aromatic nitrogens is 2. The van der Waals surface area contributed by atoms with Crippen LogP contribution in [-0.4, -0.2) is 40.1 Å². The summed E-state index contributed by atoms with van der Waals surface area (Å²) in [6, 6.07) is 8.23. The molecule has 0 spiro atoms. The van der Waals surface area contributed by atoms with Crippen molar-refractivity contribution in [2.24, 2.45) is 0 Å². The summed E-state index contributed by atoms with van der Waals surface area (Å²) in [5.41, 5.74) is 2.18. The van der Waals surface area contributed by atoms with E-state index >= 15 is 0 Å². The second-order valence-corrected chi connectivity index (χ2v) is 5.91. The third-order valence-electron chi connectivity index (χ3n) is 4.27. The Hall–Kier alpha value is -2.04. The predicted octanol–water partition coefficient (Wildman–Crippen LogP) is 3.01. The van der Waals surface area contributed by atoms with Gasteiger partial charge in [-0.05, 0) is 31.4 Å². The number of fused-ring (bicyclic) bond motifs is 1. The van der Waals surface area contributed by atoms with E-state index in [0.29, 0.717) is 6.54 Å². The number of carbonyl (C=O) groups is 1. The van der Waals surface area contributed by atoms with E-state index in [1.807, 2.05) is 29.4 Å². The molecule has 2 aromatic rings. The molecule has 1 aromatic heterocycles. The van der Waals surface area contributed by atoms with Crippen LogP contribution in [0.5, 0.6) is 0 Å². The van der Waals surface area contributed by atoms with Crippen LogP contribution < -0.4 is 5.32 Å². The minimum absolute atomic E-state index is 0.0948. The lowest BCUT2D eigenvalue weighted by molar-refractivity contribution is 0.199. The molecule has 1 aliphatic rings. The molecule has 0 unspecified atom stereocenters. The maximum absolute atomic E-state index is 12.1. The van der Waals surface area contributed by atoms with Gasteiger partial charge in [0.2, 0.25) is 0 Å². The molecule has 5 heteroatoms. The van der Waals surface area contributed by atoms with Gasteiger partial charge in [-0.25, -0.2) is 9.78 Å². The Morgan fingerprint density at radius 1 is 1.14 bits per heavy atom. The Labute approximate surface area is 131 Å². The van der Waals surface area contributed by atoms with Gasteiger partial charge >= 0.3 is 6.03 Å². The topological polar surface area (TPSA) is 50.2 Å². The van der Waals surface area contributed by atoms with E-state index in [4.69, 9.17) is 0 Å². The first-order valence-corrected chi connectivity index (χ1v) is 8.27. The van der Waals surface area contributed by atoms with Crippen LogP contribution in [0.2, 0.25) is 0 Å². The molecule has 0 saturated carbocycles. The molecule has 2 heterocycles. The van der Waals surface area contributed by atoms with E-state index in [2.05, 4.69) is 20.9 Å². The van der Waals surface area contributed by atoms with Crippen LogP contribution in [0, 0.1) is 0 Å². The standard InChI is InChI=1S/C17H24N4O/c22-17(20-11-5-1-2-6-12-20)18-10-7-13-21-14-19-15-8-3-4-9-16(15)21/h3-4,8-9,14H,1-2,5-7,10-13H2,(H,18,22). The van der Waals surface area contributed by atoms with Crippen molar-refractivity contribution in [3.8, 4) is 0 Å². The number of urea groups is 1. The average molecular weight is 300 g/mol. The van der Waals surface area contributed by atoms with Gasteiger partial charge in [-0.15, -0.1) is 0 Å². The molecule has 5 nitrogen and oxygen atoms in total. The molecule has 2 amide bonds. The summed E-state index contributed by atoms with van der Waals surface area (Å²) in [6.45, 7) is 3.39. The van der Waals surface area contributed by atoms with Crippen LogP contribution in [-0.2, 0) is 6.54 Å². The summed E-state index contributed by atoms with van der Waals surface area (Å²) in [7, 11) is 0. The summed E-state index contributed by atoms with van der Waals surface area (Å²) in [6.07, 6.45) is 7.55. The molecular weight excluding hydrogens is 276 g/mol.